The Balaban J connectivity index is 1.86. The van der Waals surface area contributed by atoms with Crippen LogP contribution in [-0.2, 0) is 6.54 Å². The second kappa shape index (κ2) is 6.74. The first kappa shape index (κ1) is 14.8. The second-order valence-electron chi connectivity index (χ2n) is 4.86. The summed E-state index contributed by atoms with van der Waals surface area (Å²) >= 11 is 0. The van der Waals surface area contributed by atoms with Gasteiger partial charge in [-0.3, -0.25) is 4.98 Å². The van der Waals surface area contributed by atoms with Crippen LogP contribution < -0.4 is 16.3 Å². The van der Waals surface area contributed by atoms with E-state index in [1.54, 1.807) is 0 Å². The van der Waals surface area contributed by atoms with E-state index in [2.05, 4.69) is 39.7 Å². The molecular weight excluding hydrogens is 270 g/mol. The van der Waals surface area contributed by atoms with Crippen LogP contribution in [0.1, 0.15) is 37.6 Å². The number of rotatable bonds is 5. The van der Waals surface area contributed by atoms with Crippen molar-refractivity contribution in [2.75, 3.05) is 5.32 Å². The van der Waals surface area contributed by atoms with E-state index in [1.807, 2.05) is 24.3 Å². The Labute approximate surface area is 122 Å². The third kappa shape index (κ3) is 4.20. The van der Waals surface area contributed by atoms with Crippen molar-refractivity contribution in [3.63, 3.8) is 0 Å². The van der Waals surface area contributed by atoms with Gasteiger partial charge in [0.25, 0.3) is 0 Å². The molecule has 1 atom stereocenters. The number of aromatic nitrogens is 3. The molecule has 4 N–H and O–H groups in total. The average molecular weight is 289 g/mol. The van der Waals surface area contributed by atoms with Crippen molar-refractivity contribution in [2.24, 2.45) is 0 Å². The van der Waals surface area contributed by atoms with Gasteiger partial charge in [0.15, 0.2) is 0 Å². The molecular formula is C14H19N5O2. The topological polar surface area (TPSA) is 103 Å². The molecule has 0 saturated carbocycles. The summed E-state index contributed by atoms with van der Waals surface area (Å²) < 4.78 is 0. The van der Waals surface area contributed by atoms with Crippen molar-refractivity contribution in [3.8, 4) is 0 Å². The molecule has 0 unspecified atom stereocenters. The molecule has 0 saturated heterocycles. The summed E-state index contributed by atoms with van der Waals surface area (Å²) in [5, 5.41) is 11.3. The maximum atomic E-state index is 11.7. The number of benzene rings is 1. The molecule has 2 rings (SSSR count). The molecule has 1 heterocycles. The number of H-pyrrole nitrogens is 2. The lowest BCUT2D eigenvalue weighted by Gasteiger charge is -2.10. The minimum atomic E-state index is -0.396. The highest BCUT2D eigenvalue weighted by Crippen LogP contribution is 2.20. The third-order valence-corrected chi connectivity index (χ3v) is 3.32. The van der Waals surface area contributed by atoms with Gasteiger partial charge in [-0.25, -0.2) is 14.7 Å². The van der Waals surface area contributed by atoms with Crippen LogP contribution in [0.25, 0.3) is 0 Å². The summed E-state index contributed by atoms with van der Waals surface area (Å²) in [4.78, 5) is 25.0. The summed E-state index contributed by atoms with van der Waals surface area (Å²) in [6.45, 7) is 4.46. The first-order valence-electron chi connectivity index (χ1n) is 6.87. The molecule has 2 aromatic rings. The van der Waals surface area contributed by atoms with E-state index in [0.29, 0.717) is 11.7 Å². The SMILES string of the molecule is CC[C@@H](C)c1ccc(NC(=O)NCc2n[nH]c(=O)[nH]2)cc1. The zero-order chi connectivity index (χ0) is 15.2. The van der Waals surface area contributed by atoms with Gasteiger partial charge in [-0.2, -0.15) is 5.10 Å². The Kier molecular flexibility index (Phi) is 4.76. The maximum absolute atomic E-state index is 11.7. The normalized spacial score (nSPS) is 11.9. The fraction of sp³-hybridized carbons (Fsp3) is 0.357. The van der Waals surface area contributed by atoms with E-state index in [-0.39, 0.29) is 12.6 Å². The van der Waals surface area contributed by atoms with Gasteiger partial charge in [0.05, 0.1) is 6.54 Å². The quantitative estimate of drug-likeness (QED) is 0.676. The van der Waals surface area contributed by atoms with E-state index in [0.717, 1.165) is 12.1 Å². The van der Waals surface area contributed by atoms with Gasteiger partial charge < -0.3 is 10.6 Å². The van der Waals surface area contributed by atoms with Crippen LogP contribution in [0, 0.1) is 0 Å². The van der Waals surface area contributed by atoms with Gasteiger partial charge in [0.2, 0.25) is 0 Å². The average Bonchev–Trinajstić information content (AvgIpc) is 2.91. The zero-order valence-electron chi connectivity index (χ0n) is 12.1. The first-order valence-corrected chi connectivity index (χ1v) is 6.87. The molecule has 0 aliphatic carbocycles. The molecule has 0 aliphatic rings. The number of aromatic amines is 2. The van der Waals surface area contributed by atoms with Gasteiger partial charge in [-0.1, -0.05) is 26.0 Å². The highest BCUT2D eigenvalue weighted by atomic mass is 16.2. The van der Waals surface area contributed by atoms with Gasteiger partial charge in [0, 0.05) is 5.69 Å². The molecule has 2 amide bonds. The third-order valence-electron chi connectivity index (χ3n) is 3.32. The largest absolute Gasteiger partial charge is 0.340 e. The number of anilines is 1. The van der Waals surface area contributed by atoms with Crippen molar-refractivity contribution in [1.82, 2.24) is 20.5 Å². The van der Waals surface area contributed by atoms with Crippen LogP contribution in [0.2, 0.25) is 0 Å². The summed E-state index contributed by atoms with van der Waals surface area (Å²) in [6.07, 6.45) is 1.08. The molecule has 0 radical (unpaired) electrons. The Morgan fingerprint density at radius 1 is 1.33 bits per heavy atom. The van der Waals surface area contributed by atoms with Gasteiger partial charge in [0.1, 0.15) is 5.82 Å². The zero-order valence-corrected chi connectivity index (χ0v) is 12.1. The smallest absolute Gasteiger partial charge is 0.331 e. The lowest BCUT2D eigenvalue weighted by molar-refractivity contribution is 0.251. The van der Waals surface area contributed by atoms with Crippen molar-refractivity contribution in [2.45, 2.75) is 32.7 Å². The van der Waals surface area contributed by atoms with Crippen LogP contribution in [0.15, 0.2) is 29.1 Å². The van der Waals surface area contributed by atoms with Gasteiger partial charge >= 0.3 is 11.7 Å². The van der Waals surface area contributed by atoms with Gasteiger partial charge in [-0.15, -0.1) is 0 Å². The van der Waals surface area contributed by atoms with Crippen LogP contribution in [0.4, 0.5) is 10.5 Å². The van der Waals surface area contributed by atoms with Crippen molar-refractivity contribution in [3.05, 3.63) is 46.1 Å². The predicted molar refractivity (Wildman–Crippen MR) is 80.2 cm³/mol. The molecule has 112 valence electrons. The summed E-state index contributed by atoms with van der Waals surface area (Å²) in [6, 6.07) is 7.41. The highest BCUT2D eigenvalue weighted by molar-refractivity contribution is 5.89. The number of nitrogens with one attached hydrogen (secondary N) is 4. The number of hydrogen-bond donors (Lipinski definition) is 4. The Morgan fingerprint density at radius 3 is 2.62 bits per heavy atom. The monoisotopic (exact) mass is 289 g/mol. The fourth-order valence-electron chi connectivity index (χ4n) is 1.86. The fourth-order valence-corrected chi connectivity index (χ4v) is 1.86. The van der Waals surface area contributed by atoms with Crippen molar-refractivity contribution >= 4 is 11.7 Å². The number of urea groups is 1. The lowest BCUT2D eigenvalue weighted by atomic mass is 9.99. The number of nitrogens with zero attached hydrogens (tertiary/aromatic N) is 1. The van der Waals surface area contributed by atoms with E-state index in [1.165, 1.54) is 5.56 Å². The molecule has 0 aliphatic heterocycles. The number of carbonyl (C=O) groups excluding carboxylic acids is 1. The molecule has 0 spiro atoms. The summed E-state index contributed by atoms with van der Waals surface area (Å²) in [5.41, 5.74) is 1.57. The Hall–Kier alpha value is -2.57. The van der Waals surface area contributed by atoms with Crippen LogP contribution >= 0.6 is 0 Å². The van der Waals surface area contributed by atoms with Gasteiger partial charge in [-0.05, 0) is 30.0 Å². The standard InChI is InChI=1S/C14H19N5O2/c1-3-9(2)10-4-6-11(7-5-10)16-13(20)15-8-12-17-14(21)19-18-12/h4-7,9H,3,8H2,1-2H3,(H2,15,16,20)(H2,17,18,19,21)/t9-/m1/s1. The molecule has 7 heteroatoms. The minimum Gasteiger partial charge on any atom is -0.331 e. The van der Waals surface area contributed by atoms with E-state index >= 15 is 0 Å². The highest BCUT2D eigenvalue weighted by Gasteiger charge is 2.05. The maximum Gasteiger partial charge on any atom is 0.340 e. The molecule has 21 heavy (non-hydrogen) atoms. The summed E-state index contributed by atoms with van der Waals surface area (Å²) in [5.74, 6) is 0.881. The molecule has 1 aromatic carbocycles. The van der Waals surface area contributed by atoms with Crippen molar-refractivity contribution < 1.29 is 4.79 Å². The van der Waals surface area contributed by atoms with Crippen LogP contribution in [0.3, 0.4) is 0 Å². The molecule has 1 aromatic heterocycles. The number of hydrogen-bond acceptors (Lipinski definition) is 3. The lowest BCUT2D eigenvalue weighted by Crippen LogP contribution is -2.28. The molecule has 7 nitrogen and oxygen atoms in total. The van der Waals surface area contributed by atoms with Crippen molar-refractivity contribution in [1.29, 1.82) is 0 Å². The number of amides is 2. The first-order chi connectivity index (χ1) is 10.1. The molecule has 0 fully saturated rings. The molecule has 0 bridgehead atoms. The van der Waals surface area contributed by atoms with Crippen LogP contribution in [-0.4, -0.2) is 21.2 Å². The Bertz CT molecular complexity index is 644. The van der Waals surface area contributed by atoms with E-state index in [9.17, 15) is 9.59 Å². The second-order valence-corrected chi connectivity index (χ2v) is 4.86. The Morgan fingerprint density at radius 2 is 2.05 bits per heavy atom. The summed E-state index contributed by atoms with van der Waals surface area (Å²) in [7, 11) is 0. The predicted octanol–water partition coefficient (Wildman–Crippen LogP) is 1.93. The van der Waals surface area contributed by atoms with E-state index in [4.69, 9.17) is 0 Å². The number of carbonyl (C=O) groups is 1. The minimum absolute atomic E-state index is 0.148. The van der Waals surface area contributed by atoms with E-state index < -0.39 is 5.69 Å². The van der Waals surface area contributed by atoms with Crippen LogP contribution in [0.5, 0.6) is 0 Å².